The van der Waals surface area contributed by atoms with E-state index < -0.39 is 0 Å². The van der Waals surface area contributed by atoms with Gasteiger partial charge in [0, 0.05) is 68.2 Å². The quantitative estimate of drug-likeness (QED) is 0.241. The molecule has 1 saturated carbocycles. The first-order valence-electron chi connectivity index (χ1n) is 15.9. The Bertz CT molecular complexity index is 1730. The second-order valence-electron chi connectivity index (χ2n) is 13.1. The Hall–Kier alpha value is -4.60. The maximum atomic E-state index is 12.7. The first-order chi connectivity index (χ1) is 21.7. The molecule has 2 atom stereocenters. The minimum atomic E-state index is 0.000919. The number of likely N-dealkylation sites (tertiary alicyclic amines) is 2. The number of amides is 2. The van der Waals surface area contributed by atoms with Crippen molar-refractivity contribution in [2.75, 3.05) is 13.1 Å². The summed E-state index contributed by atoms with van der Waals surface area (Å²) in [4.78, 5) is 34.1. The normalized spacial score (nSPS) is 20.1. The summed E-state index contributed by atoms with van der Waals surface area (Å²) in [5.41, 5.74) is 4.50. The molecule has 0 bridgehead atoms. The Morgan fingerprint density at radius 1 is 0.911 bits per heavy atom. The Balaban J connectivity index is 1.16. The topological polar surface area (TPSA) is 106 Å². The van der Waals surface area contributed by atoms with Gasteiger partial charge >= 0.3 is 0 Å². The van der Waals surface area contributed by atoms with E-state index in [9.17, 15) is 9.59 Å². The van der Waals surface area contributed by atoms with Crippen molar-refractivity contribution in [2.24, 2.45) is 13.0 Å². The number of carbonyl (C=O) groups excluding carboxylic acids is 2. The summed E-state index contributed by atoms with van der Waals surface area (Å²) in [7, 11) is 1.88. The van der Waals surface area contributed by atoms with E-state index in [1.165, 1.54) is 0 Å². The molecule has 7 rings (SSSR count). The lowest BCUT2D eigenvalue weighted by Gasteiger charge is -2.19. The number of rotatable bonds is 9. The second kappa shape index (κ2) is 11.7. The summed E-state index contributed by atoms with van der Waals surface area (Å²) in [6, 6.07) is 18.2. The van der Waals surface area contributed by atoms with Crippen LogP contribution in [0.2, 0.25) is 0 Å². The lowest BCUT2D eigenvalue weighted by atomic mass is 10.1. The molecule has 2 aliphatic heterocycles. The fourth-order valence-electron chi connectivity index (χ4n) is 6.34. The third kappa shape index (κ3) is 6.06. The van der Waals surface area contributed by atoms with E-state index in [-0.39, 0.29) is 17.7 Å². The molecule has 3 fully saturated rings. The first-order valence-corrected chi connectivity index (χ1v) is 15.9. The van der Waals surface area contributed by atoms with Gasteiger partial charge in [0.15, 0.2) is 11.6 Å². The van der Waals surface area contributed by atoms with Gasteiger partial charge in [-0.15, -0.1) is 0 Å². The van der Waals surface area contributed by atoms with Crippen molar-refractivity contribution in [1.29, 1.82) is 0 Å². The third-order valence-corrected chi connectivity index (χ3v) is 9.04. The standard InChI is InChI=1S/C35H39N7O3/c1-21(2)29-13-14-30(38-37-29)23-7-11-28(12-8-23)45-31-16-24(5-6-25(31)19-41-18-22(3)15-32(41)43)35-36-34(39-40(35)4)26-17-33(44)42(20-26)27-9-10-27/h5-8,11-14,16,21-22,26-27H,9-10,15,17-20H2,1-4H3. The van der Waals surface area contributed by atoms with Crippen molar-refractivity contribution >= 4 is 11.8 Å². The Morgan fingerprint density at radius 3 is 2.36 bits per heavy atom. The van der Waals surface area contributed by atoms with Crippen LogP contribution in [0.1, 0.15) is 75.4 Å². The monoisotopic (exact) mass is 605 g/mol. The number of carbonyl (C=O) groups is 2. The van der Waals surface area contributed by atoms with Crippen LogP contribution >= 0.6 is 0 Å². The van der Waals surface area contributed by atoms with Crippen molar-refractivity contribution in [3.05, 3.63) is 71.7 Å². The third-order valence-electron chi connectivity index (χ3n) is 9.04. The minimum absolute atomic E-state index is 0.000919. The highest BCUT2D eigenvalue weighted by molar-refractivity contribution is 5.80. The van der Waals surface area contributed by atoms with Crippen molar-refractivity contribution < 1.29 is 14.3 Å². The van der Waals surface area contributed by atoms with Gasteiger partial charge in [-0.1, -0.05) is 32.9 Å². The van der Waals surface area contributed by atoms with Crippen LogP contribution in [0, 0.1) is 5.92 Å². The van der Waals surface area contributed by atoms with Crippen molar-refractivity contribution in [1.82, 2.24) is 34.8 Å². The van der Waals surface area contributed by atoms with E-state index in [0.29, 0.717) is 67.0 Å². The lowest BCUT2D eigenvalue weighted by molar-refractivity contribution is -0.129. The van der Waals surface area contributed by atoms with Gasteiger partial charge in [0.2, 0.25) is 11.8 Å². The predicted octanol–water partition coefficient (Wildman–Crippen LogP) is 5.70. The number of benzene rings is 2. The van der Waals surface area contributed by atoms with Crippen LogP contribution in [0.25, 0.3) is 22.6 Å². The molecular weight excluding hydrogens is 566 g/mol. The van der Waals surface area contributed by atoms with Crippen molar-refractivity contribution in [3.63, 3.8) is 0 Å². The van der Waals surface area contributed by atoms with Crippen LogP contribution < -0.4 is 4.74 Å². The molecule has 232 valence electrons. The van der Waals surface area contributed by atoms with Crippen LogP contribution in [-0.2, 0) is 23.2 Å². The highest BCUT2D eigenvalue weighted by Gasteiger charge is 2.41. The molecule has 1 aliphatic carbocycles. The minimum Gasteiger partial charge on any atom is -0.457 e. The predicted molar refractivity (Wildman–Crippen MR) is 169 cm³/mol. The van der Waals surface area contributed by atoms with Gasteiger partial charge in [-0.25, -0.2) is 9.67 Å². The number of aromatic nitrogens is 5. The summed E-state index contributed by atoms with van der Waals surface area (Å²) in [5.74, 6) is 3.77. The van der Waals surface area contributed by atoms with Gasteiger partial charge in [-0.2, -0.15) is 15.3 Å². The molecule has 0 N–H and O–H groups in total. The molecule has 2 saturated heterocycles. The maximum Gasteiger partial charge on any atom is 0.223 e. The summed E-state index contributed by atoms with van der Waals surface area (Å²) >= 11 is 0. The molecule has 4 aromatic rings. The van der Waals surface area contributed by atoms with Crippen LogP contribution in [0.5, 0.6) is 11.5 Å². The van der Waals surface area contributed by atoms with Crippen molar-refractivity contribution in [2.45, 2.75) is 70.9 Å². The van der Waals surface area contributed by atoms with Crippen LogP contribution in [0.3, 0.4) is 0 Å². The lowest BCUT2D eigenvalue weighted by Crippen LogP contribution is -2.27. The van der Waals surface area contributed by atoms with E-state index in [1.807, 2.05) is 71.4 Å². The summed E-state index contributed by atoms with van der Waals surface area (Å²) < 4.78 is 8.29. The zero-order valence-electron chi connectivity index (χ0n) is 26.3. The van der Waals surface area contributed by atoms with Crippen LogP contribution in [0.4, 0.5) is 0 Å². The van der Waals surface area contributed by atoms with Crippen LogP contribution in [0.15, 0.2) is 54.6 Å². The maximum absolute atomic E-state index is 12.7. The van der Waals surface area contributed by atoms with Gasteiger partial charge in [0.05, 0.1) is 11.4 Å². The SMILES string of the molecule is CC1CC(=O)N(Cc2ccc(-c3nc(C4CC(=O)N(C5CC5)C4)nn3C)cc2Oc2ccc(-c3ccc(C(C)C)nn3)cc2)C1. The van der Waals surface area contributed by atoms with E-state index in [4.69, 9.17) is 14.8 Å². The smallest absolute Gasteiger partial charge is 0.223 e. The largest absolute Gasteiger partial charge is 0.457 e. The Kier molecular flexibility index (Phi) is 7.59. The molecule has 0 spiro atoms. The fourth-order valence-corrected chi connectivity index (χ4v) is 6.34. The Morgan fingerprint density at radius 2 is 1.69 bits per heavy atom. The number of hydrogen-bond donors (Lipinski definition) is 0. The molecule has 2 amide bonds. The highest BCUT2D eigenvalue weighted by atomic mass is 16.5. The number of ether oxygens (including phenoxy) is 1. The second-order valence-corrected chi connectivity index (χ2v) is 13.1. The number of nitrogens with zero attached hydrogens (tertiary/aromatic N) is 7. The Labute approximate surface area is 263 Å². The fraction of sp³-hybridized carbons (Fsp3) is 0.429. The molecular formula is C35H39N7O3. The number of hydrogen-bond acceptors (Lipinski definition) is 7. The average Bonchev–Trinajstić information content (AvgIpc) is 3.57. The molecule has 10 nitrogen and oxygen atoms in total. The molecule has 2 aromatic carbocycles. The van der Waals surface area contributed by atoms with E-state index in [1.54, 1.807) is 4.68 Å². The molecule has 4 heterocycles. The van der Waals surface area contributed by atoms with Gasteiger partial charge in [0.1, 0.15) is 11.5 Å². The van der Waals surface area contributed by atoms with Crippen molar-refractivity contribution in [3.8, 4) is 34.1 Å². The van der Waals surface area contributed by atoms with Gasteiger partial charge in [0.25, 0.3) is 0 Å². The van der Waals surface area contributed by atoms with Gasteiger partial charge in [-0.05, 0) is 67.1 Å². The summed E-state index contributed by atoms with van der Waals surface area (Å²) in [6.07, 6.45) is 3.22. The molecule has 3 aliphatic rings. The zero-order valence-corrected chi connectivity index (χ0v) is 26.3. The number of aryl methyl sites for hydroxylation is 1. The van der Waals surface area contributed by atoms with Crippen LogP contribution in [-0.4, -0.2) is 65.7 Å². The molecule has 0 radical (unpaired) electrons. The summed E-state index contributed by atoms with van der Waals surface area (Å²) in [5, 5.41) is 13.5. The van der Waals surface area contributed by atoms with Gasteiger partial charge in [-0.3, -0.25) is 9.59 Å². The van der Waals surface area contributed by atoms with E-state index in [0.717, 1.165) is 47.5 Å². The van der Waals surface area contributed by atoms with Gasteiger partial charge < -0.3 is 14.5 Å². The highest BCUT2D eigenvalue weighted by Crippen LogP contribution is 2.37. The van der Waals surface area contributed by atoms with E-state index >= 15 is 0 Å². The molecule has 2 unspecified atom stereocenters. The molecule has 10 heteroatoms. The summed E-state index contributed by atoms with van der Waals surface area (Å²) in [6.45, 7) is 8.20. The molecule has 45 heavy (non-hydrogen) atoms. The average molecular weight is 606 g/mol. The van der Waals surface area contributed by atoms with E-state index in [2.05, 4.69) is 31.0 Å². The zero-order chi connectivity index (χ0) is 31.2. The first kappa shape index (κ1) is 29.1. The molecule has 2 aromatic heterocycles.